The summed E-state index contributed by atoms with van der Waals surface area (Å²) < 4.78 is -0.345. The van der Waals surface area contributed by atoms with Gasteiger partial charge in [0.1, 0.15) is 0 Å². The van der Waals surface area contributed by atoms with Crippen molar-refractivity contribution in [1.82, 2.24) is 0 Å². The smallest absolute Gasteiger partial charge is 0.306 e. The minimum atomic E-state index is -0.945. The number of carboxylic acid groups (broad SMARTS) is 1. The second-order valence-electron chi connectivity index (χ2n) is 3.55. The molecule has 3 nitrogen and oxygen atoms in total. The van der Waals surface area contributed by atoms with Crippen molar-refractivity contribution in [2.45, 2.75) is 37.5 Å². The van der Waals surface area contributed by atoms with E-state index in [-0.39, 0.29) is 11.2 Å². The highest BCUT2D eigenvalue weighted by Crippen LogP contribution is 2.44. The van der Waals surface area contributed by atoms with Gasteiger partial charge in [0, 0.05) is 4.75 Å². The Labute approximate surface area is 81.8 Å². The molecule has 0 amide bonds. The molecule has 0 bridgehead atoms. The van der Waals surface area contributed by atoms with E-state index in [9.17, 15) is 9.90 Å². The molecule has 1 aliphatic heterocycles. The highest BCUT2D eigenvalue weighted by molar-refractivity contribution is 8.04. The highest BCUT2D eigenvalue weighted by atomic mass is 32.2. The molecule has 0 spiro atoms. The Morgan fingerprint density at radius 2 is 2.46 bits per heavy atom. The molecule has 0 aromatic heterocycles. The van der Waals surface area contributed by atoms with Crippen molar-refractivity contribution >= 4 is 17.7 Å². The van der Waals surface area contributed by atoms with Crippen LogP contribution in [-0.2, 0) is 4.79 Å². The number of hydrogen-bond acceptors (Lipinski definition) is 3. The van der Waals surface area contributed by atoms with Gasteiger partial charge in [-0.2, -0.15) is 0 Å². The number of carbonyl (C=O) groups is 1. The number of aliphatic hydroxyl groups is 1. The van der Waals surface area contributed by atoms with Crippen molar-refractivity contribution in [1.29, 1.82) is 0 Å². The van der Waals surface area contributed by atoms with E-state index < -0.39 is 12.1 Å². The van der Waals surface area contributed by atoms with E-state index in [1.807, 2.05) is 19.9 Å². The van der Waals surface area contributed by atoms with E-state index in [0.717, 1.165) is 11.3 Å². The molecule has 0 aliphatic carbocycles. The lowest BCUT2D eigenvalue weighted by molar-refractivity contribution is -0.139. The summed E-state index contributed by atoms with van der Waals surface area (Å²) in [5, 5.41) is 18.2. The SMILES string of the molecule is CC1=CCC(C)(C(O)CC(=O)O)S1. The number of hydrogen-bond donors (Lipinski definition) is 2. The number of rotatable bonds is 3. The Balaban J connectivity index is 2.56. The molecule has 0 fully saturated rings. The first-order valence-electron chi connectivity index (χ1n) is 4.20. The molecule has 13 heavy (non-hydrogen) atoms. The number of allylic oxidation sites excluding steroid dienone is 2. The lowest BCUT2D eigenvalue weighted by atomic mass is 9.97. The fraction of sp³-hybridized carbons (Fsp3) is 0.667. The summed E-state index contributed by atoms with van der Waals surface area (Å²) in [5.74, 6) is -0.945. The number of carboxylic acids is 1. The first kappa shape index (κ1) is 10.6. The molecule has 0 radical (unpaired) electrons. The topological polar surface area (TPSA) is 57.5 Å². The summed E-state index contributed by atoms with van der Waals surface area (Å²) >= 11 is 1.57. The maximum absolute atomic E-state index is 10.4. The van der Waals surface area contributed by atoms with E-state index in [1.165, 1.54) is 0 Å². The van der Waals surface area contributed by atoms with Crippen LogP contribution in [0.25, 0.3) is 0 Å². The van der Waals surface area contributed by atoms with Gasteiger partial charge in [0.15, 0.2) is 0 Å². The third kappa shape index (κ3) is 2.48. The molecule has 0 aromatic carbocycles. The summed E-state index contributed by atoms with van der Waals surface area (Å²) in [5.41, 5.74) is 0. The van der Waals surface area contributed by atoms with Gasteiger partial charge in [-0.05, 0) is 25.2 Å². The van der Waals surface area contributed by atoms with Gasteiger partial charge in [-0.1, -0.05) is 6.08 Å². The maximum atomic E-state index is 10.4. The fourth-order valence-electron chi connectivity index (χ4n) is 1.38. The predicted octanol–water partition coefficient (Wildman–Crippen LogP) is 1.62. The molecule has 0 saturated carbocycles. The number of aliphatic carboxylic acids is 1. The maximum Gasteiger partial charge on any atom is 0.306 e. The van der Waals surface area contributed by atoms with E-state index in [2.05, 4.69) is 0 Å². The Morgan fingerprint density at radius 3 is 2.85 bits per heavy atom. The first-order valence-corrected chi connectivity index (χ1v) is 5.01. The van der Waals surface area contributed by atoms with E-state index >= 15 is 0 Å². The molecule has 0 aromatic rings. The third-order valence-corrected chi connectivity index (χ3v) is 3.66. The van der Waals surface area contributed by atoms with Gasteiger partial charge >= 0.3 is 5.97 Å². The van der Waals surface area contributed by atoms with Crippen molar-refractivity contribution in [3.05, 3.63) is 11.0 Å². The molecule has 0 saturated heterocycles. The molecule has 2 N–H and O–H groups in total. The van der Waals surface area contributed by atoms with Crippen molar-refractivity contribution < 1.29 is 15.0 Å². The van der Waals surface area contributed by atoms with Crippen molar-refractivity contribution in [2.75, 3.05) is 0 Å². The van der Waals surface area contributed by atoms with E-state index in [4.69, 9.17) is 5.11 Å². The van der Waals surface area contributed by atoms with E-state index in [1.54, 1.807) is 11.8 Å². The Morgan fingerprint density at radius 1 is 1.85 bits per heavy atom. The molecule has 74 valence electrons. The zero-order chi connectivity index (χ0) is 10.1. The van der Waals surface area contributed by atoms with Crippen LogP contribution in [0.3, 0.4) is 0 Å². The minimum Gasteiger partial charge on any atom is -0.481 e. The lowest BCUT2D eigenvalue weighted by Gasteiger charge is -2.28. The van der Waals surface area contributed by atoms with Gasteiger partial charge in [-0.3, -0.25) is 4.79 Å². The quantitative estimate of drug-likeness (QED) is 0.730. The van der Waals surface area contributed by atoms with Gasteiger partial charge in [0.2, 0.25) is 0 Å². The standard InChI is InChI=1S/C9H14O3S/c1-6-3-4-9(2,13-6)7(10)5-8(11)12/h3,7,10H,4-5H2,1-2H3,(H,11,12). The fourth-order valence-corrected chi connectivity index (χ4v) is 2.67. The molecule has 4 heteroatoms. The average molecular weight is 202 g/mol. The van der Waals surface area contributed by atoms with Crippen LogP contribution >= 0.6 is 11.8 Å². The molecular weight excluding hydrogens is 188 g/mol. The Hall–Kier alpha value is -0.480. The molecule has 1 aliphatic rings. The van der Waals surface area contributed by atoms with Crippen LogP contribution in [0.4, 0.5) is 0 Å². The van der Waals surface area contributed by atoms with Crippen LogP contribution < -0.4 is 0 Å². The predicted molar refractivity (Wildman–Crippen MR) is 52.6 cm³/mol. The van der Waals surface area contributed by atoms with Gasteiger partial charge in [0.05, 0.1) is 12.5 Å². The summed E-state index contributed by atoms with van der Waals surface area (Å²) in [6.07, 6.45) is 1.84. The van der Waals surface area contributed by atoms with Crippen LogP contribution in [0.2, 0.25) is 0 Å². The van der Waals surface area contributed by atoms with Gasteiger partial charge in [-0.25, -0.2) is 0 Å². The number of aliphatic hydroxyl groups excluding tert-OH is 1. The van der Waals surface area contributed by atoms with Crippen molar-refractivity contribution in [3.8, 4) is 0 Å². The molecule has 1 rings (SSSR count). The Bertz CT molecular complexity index is 249. The van der Waals surface area contributed by atoms with Gasteiger partial charge < -0.3 is 10.2 Å². The second kappa shape index (κ2) is 3.72. The van der Waals surface area contributed by atoms with Crippen LogP contribution in [0.15, 0.2) is 11.0 Å². The van der Waals surface area contributed by atoms with Crippen molar-refractivity contribution in [2.24, 2.45) is 0 Å². The summed E-state index contributed by atoms with van der Waals surface area (Å²) in [7, 11) is 0. The highest BCUT2D eigenvalue weighted by Gasteiger charge is 2.37. The molecule has 2 atom stereocenters. The van der Waals surface area contributed by atoms with Crippen molar-refractivity contribution in [3.63, 3.8) is 0 Å². The normalized spacial score (nSPS) is 29.9. The monoisotopic (exact) mass is 202 g/mol. The van der Waals surface area contributed by atoms with Crippen LogP contribution in [0.5, 0.6) is 0 Å². The van der Waals surface area contributed by atoms with Crippen LogP contribution in [0.1, 0.15) is 26.7 Å². The summed E-state index contributed by atoms with van der Waals surface area (Å²) in [4.78, 5) is 11.6. The average Bonchev–Trinajstić information content (AvgIpc) is 2.31. The molecule has 1 heterocycles. The lowest BCUT2D eigenvalue weighted by Crippen LogP contribution is -2.35. The number of thioether (sulfide) groups is 1. The summed E-state index contributed by atoms with van der Waals surface area (Å²) in [6.45, 7) is 3.88. The zero-order valence-electron chi connectivity index (χ0n) is 7.78. The van der Waals surface area contributed by atoms with Gasteiger partial charge in [0.25, 0.3) is 0 Å². The molecule has 2 unspecified atom stereocenters. The largest absolute Gasteiger partial charge is 0.481 e. The van der Waals surface area contributed by atoms with E-state index in [0.29, 0.717) is 0 Å². The van der Waals surface area contributed by atoms with Gasteiger partial charge in [-0.15, -0.1) is 11.8 Å². The zero-order valence-corrected chi connectivity index (χ0v) is 8.60. The van der Waals surface area contributed by atoms with Crippen LogP contribution in [0, 0.1) is 0 Å². The first-order chi connectivity index (χ1) is 5.94. The third-order valence-electron chi connectivity index (χ3n) is 2.26. The Kier molecular flexibility index (Phi) is 3.03. The minimum absolute atomic E-state index is 0.176. The summed E-state index contributed by atoms with van der Waals surface area (Å²) in [6, 6.07) is 0. The molecular formula is C9H14O3S. The second-order valence-corrected chi connectivity index (χ2v) is 5.33. The van der Waals surface area contributed by atoms with Crippen LogP contribution in [-0.4, -0.2) is 27.0 Å².